The van der Waals surface area contributed by atoms with Crippen molar-refractivity contribution >= 4 is 50.7 Å². The van der Waals surface area contributed by atoms with E-state index in [1.165, 1.54) is 24.1 Å². The van der Waals surface area contributed by atoms with E-state index in [1.807, 2.05) is 6.92 Å². The molecule has 1 aliphatic rings. The lowest BCUT2D eigenvalue weighted by atomic mass is 9.95. The largest absolute Gasteiger partial charge is 0.497 e. The molecule has 4 rings (SSSR count). The first-order valence-corrected chi connectivity index (χ1v) is 16.5. The summed E-state index contributed by atoms with van der Waals surface area (Å²) in [6.45, 7) is 3.00. The van der Waals surface area contributed by atoms with Crippen LogP contribution in [-0.2, 0) is 26.2 Å². The molecule has 3 aromatic carbocycles. The van der Waals surface area contributed by atoms with E-state index in [0.29, 0.717) is 21.4 Å². The predicted octanol–water partition coefficient (Wildman–Crippen LogP) is 6.37. The Bertz CT molecular complexity index is 1530. The molecule has 8 nitrogen and oxygen atoms in total. The van der Waals surface area contributed by atoms with Crippen LogP contribution < -0.4 is 14.4 Å². The molecule has 3 aromatic rings. The van der Waals surface area contributed by atoms with Crippen molar-refractivity contribution in [2.75, 3.05) is 18.0 Å². The smallest absolute Gasteiger partial charge is 0.264 e. The van der Waals surface area contributed by atoms with Gasteiger partial charge in [-0.15, -0.1) is 0 Å². The predicted molar refractivity (Wildman–Crippen MR) is 170 cm³/mol. The Kier molecular flexibility index (Phi) is 11.0. The molecule has 0 aliphatic heterocycles. The number of ether oxygens (including phenoxy) is 1. The first kappa shape index (κ1) is 32.6. The summed E-state index contributed by atoms with van der Waals surface area (Å²) in [6, 6.07) is 17.0. The van der Waals surface area contributed by atoms with E-state index in [4.69, 9.17) is 27.9 Å². The molecule has 0 saturated heterocycles. The molecule has 1 N–H and O–H groups in total. The number of hydrogen-bond donors (Lipinski definition) is 1. The maximum absolute atomic E-state index is 14.1. The number of sulfonamides is 1. The number of halogens is 2. The van der Waals surface area contributed by atoms with Crippen LogP contribution in [0.1, 0.15) is 50.2 Å². The number of benzene rings is 3. The number of hydrogen-bond acceptors (Lipinski definition) is 5. The van der Waals surface area contributed by atoms with Crippen LogP contribution in [0.2, 0.25) is 10.0 Å². The molecule has 1 atom stereocenters. The van der Waals surface area contributed by atoms with Crippen molar-refractivity contribution in [3.8, 4) is 5.75 Å². The Hall–Kier alpha value is -3.27. The Morgan fingerprint density at radius 3 is 2.21 bits per heavy atom. The van der Waals surface area contributed by atoms with Crippen LogP contribution in [0.4, 0.5) is 5.69 Å². The van der Waals surface area contributed by atoms with Crippen LogP contribution in [0, 0.1) is 6.92 Å². The van der Waals surface area contributed by atoms with Gasteiger partial charge < -0.3 is 15.0 Å². The molecule has 0 aromatic heterocycles. The van der Waals surface area contributed by atoms with E-state index >= 15 is 0 Å². The Morgan fingerprint density at radius 1 is 0.953 bits per heavy atom. The minimum atomic E-state index is -4.17. The third-order valence-corrected chi connectivity index (χ3v) is 10.2. The summed E-state index contributed by atoms with van der Waals surface area (Å²) in [7, 11) is -2.65. The molecule has 0 radical (unpaired) electrons. The number of carbonyl (C=O) groups excluding carboxylic acids is 2. The zero-order valence-electron chi connectivity index (χ0n) is 24.6. The third-order valence-electron chi connectivity index (χ3n) is 7.70. The van der Waals surface area contributed by atoms with Crippen LogP contribution in [0.3, 0.4) is 0 Å². The number of carbonyl (C=O) groups is 2. The molecule has 1 aliphatic carbocycles. The lowest BCUT2D eigenvalue weighted by Gasteiger charge is -2.33. The second-order valence-electron chi connectivity index (χ2n) is 10.8. The van der Waals surface area contributed by atoms with Crippen molar-refractivity contribution in [3.05, 3.63) is 87.9 Å². The lowest BCUT2D eigenvalue weighted by molar-refractivity contribution is -0.139. The zero-order valence-corrected chi connectivity index (χ0v) is 26.9. The van der Waals surface area contributed by atoms with Gasteiger partial charge in [-0.25, -0.2) is 8.42 Å². The van der Waals surface area contributed by atoms with E-state index in [-0.39, 0.29) is 29.1 Å². The molecule has 0 heterocycles. The van der Waals surface area contributed by atoms with Crippen molar-refractivity contribution in [1.29, 1.82) is 0 Å². The standard InChI is InChI=1S/C32H37Cl2N3O5S/c1-22-9-16-28(17-10-22)43(40,41)37(26-12-14-27(42-3)15-13-26)21-31(38)36(20-24-11-18-29(33)30(34)19-24)23(2)32(39)35-25-7-5-4-6-8-25/h9-19,23,25H,4-8,20-21H2,1-3H3,(H,35,39). The van der Waals surface area contributed by atoms with Gasteiger partial charge >= 0.3 is 0 Å². The number of amides is 2. The average Bonchev–Trinajstić information content (AvgIpc) is 3.00. The molecule has 0 bridgehead atoms. The van der Waals surface area contributed by atoms with Gasteiger partial charge in [0, 0.05) is 12.6 Å². The van der Waals surface area contributed by atoms with Crippen LogP contribution in [0.5, 0.6) is 5.75 Å². The minimum absolute atomic E-state index is 0.0238. The first-order valence-electron chi connectivity index (χ1n) is 14.3. The molecular formula is C32H37Cl2N3O5S. The highest BCUT2D eigenvalue weighted by atomic mass is 35.5. The fraction of sp³-hybridized carbons (Fsp3) is 0.375. The van der Waals surface area contributed by atoms with Crippen molar-refractivity contribution in [3.63, 3.8) is 0 Å². The summed E-state index contributed by atoms with van der Waals surface area (Å²) in [5.74, 6) is -0.307. The number of methoxy groups -OCH3 is 1. The number of rotatable bonds is 11. The fourth-order valence-electron chi connectivity index (χ4n) is 5.10. The Labute approximate surface area is 264 Å². The monoisotopic (exact) mass is 645 g/mol. The number of aryl methyl sites for hydroxylation is 1. The molecule has 230 valence electrons. The van der Waals surface area contributed by atoms with Gasteiger partial charge in [-0.1, -0.05) is 66.2 Å². The Morgan fingerprint density at radius 2 is 1.60 bits per heavy atom. The molecule has 2 amide bonds. The van der Waals surface area contributed by atoms with Crippen LogP contribution in [-0.4, -0.2) is 50.9 Å². The lowest BCUT2D eigenvalue weighted by Crippen LogP contribution is -2.53. The molecule has 1 unspecified atom stereocenters. The molecule has 11 heteroatoms. The highest BCUT2D eigenvalue weighted by molar-refractivity contribution is 7.92. The quantitative estimate of drug-likeness (QED) is 0.261. The third kappa shape index (κ3) is 8.22. The fourth-order valence-corrected chi connectivity index (χ4v) is 6.84. The van der Waals surface area contributed by atoms with E-state index in [0.717, 1.165) is 42.0 Å². The second-order valence-corrected chi connectivity index (χ2v) is 13.5. The van der Waals surface area contributed by atoms with E-state index in [2.05, 4.69) is 5.32 Å². The molecule has 1 fully saturated rings. The summed E-state index contributed by atoms with van der Waals surface area (Å²) in [5, 5.41) is 3.77. The topological polar surface area (TPSA) is 96.0 Å². The van der Waals surface area contributed by atoms with E-state index in [1.54, 1.807) is 61.5 Å². The summed E-state index contributed by atoms with van der Waals surface area (Å²) >= 11 is 12.4. The molecule has 43 heavy (non-hydrogen) atoms. The van der Waals surface area contributed by atoms with Gasteiger partial charge in [0.25, 0.3) is 10.0 Å². The summed E-state index contributed by atoms with van der Waals surface area (Å²) in [4.78, 5) is 29.0. The highest BCUT2D eigenvalue weighted by Crippen LogP contribution is 2.28. The van der Waals surface area contributed by atoms with Gasteiger partial charge in [0.15, 0.2) is 0 Å². The molecular weight excluding hydrogens is 609 g/mol. The van der Waals surface area contributed by atoms with Crippen LogP contribution in [0.15, 0.2) is 71.6 Å². The summed E-state index contributed by atoms with van der Waals surface area (Å²) < 4.78 is 34.3. The molecule has 0 spiro atoms. The number of nitrogens with one attached hydrogen (secondary N) is 1. The van der Waals surface area contributed by atoms with Gasteiger partial charge in [-0.3, -0.25) is 13.9 Å². The maximum Gasteiger partial charge on any atom is 0.264 e. The summed E-state index contributed by atoms with van der Waals surface area (Å²) in [6.07, 6.45) is 5.00. The molecule has 1 saturated carbocycles. The normalized spacial score (nSPS) is 14.5. The minimum Gasteiger partial charge on any atom is -0.497 e. The van der Waals surface area contributed by atoms with Crippen LogP contribution >= 0.6 is 23.2 Å². The second kappa shape index (κ2) is 14.5. The SMILES string of the molecule is COc1ccc(N(CC(=O)N(Cc2ccc(Cl)c(Cl)c2)C(C)C(=O)NC2CCCCC2)S(=O)(=O)c2ccc(C)cc2)cc1. The number of nitrogens with zero attached hydrogens (tertiary/aromatic N) is 2. The van der Waals surface area contributed by atoms with Gasteiger partial charge in [0.05, 0.1) is 27.7 Å². The van der Waals surface area contributed by atoms with Gasteiger partial charge in [0.2, 0.25) is 11.8 Å². The maximum atomic E-state index is 14.1. The van der Waals surface area contributed by atoms with Crippen LogP contribution in [0.25, 0.3) is 0 Å². The first-order chi connectivity index (χ1) is 20.5. The van der Waals surface area contributed by atoms with Crippen molar-refractivity contribution in [2.24, 2.45) is 0 Å². The van der Waals surface area contributed by atoms with Gasteiger partial charge in [-0.05, 0) is 80.8 Å². The Balaban J connectivity index is 1.69. The zero-order chi connectivity index (χ0) is 31.1. The average molecular weight is 647 g/mol. The van der Waals surface area contributed by atoms with Gasteiger partial charge in [-0.2, -0.15) is 0 Å². The van der Waals surface area contributed by atoms with Crippen molar-refractivity contribution in [1.82, 2.24) is 10.2 Å². The highest BCUT2D eigenvalue weighted by Gasteiger charge is 2.33. The van der Waals surface area contributed by atoms with Crippen molar-refractivity contribution < 1.29 is 22.7 Å². The summed E-state index contributed by atoms with van der Waals surface area (Å²) in [5.41, 5.74) is 1.83. The van der Waals surface area contributed by atoms with E-state index in [9.17, 15) is 18.0 Å². The van der Waals surface area contributed by atoms with Gasteiger partial charge in [0.1, 0.15) is 18.3 Å². The van der Waals surface area contributed by atoms with E-state index < -0.39 is 28.5 Å². The van der Waals surface area contributed by atoms with Crippen molar-refractivity contribution in [2.45, 2.75) is 69.5 Å². The number of anilines is 1.